The predicted octanol–water partition coefficient (Wildman–Crippen LogP) is 1.31. The van der Waals surface area contributed by atoms with Crippen LogP contribution in [0.15, 0.2) is 18.2 Å². The molecule has 1 aliphatic rings. The summed E-state index contributed by atoms with van der Waals surface area (Å²) in [7, 11) is -3.11. The molecule has 5 nitrogen and oxygen atoms in total. The highest BCUT2D eigenvalue weighted by atomic mass is 35.5. The van der Waals surface area contributed by atoms with E-state index in [2.05, 4.69) is 4.90 Å². The van der Waals surface area contributed by atoms with Crippen LogP contribution in [0.25, 0.3) is 0 Å². The quantitative estimate of drug-likeness (QED) is 0.903. The first kappa shape index (κ1) is 16.5. The van der Waals surface area contributed by atoms with Crippen molar-refractivity contribution in [3.63, 3.8) is 0 Å². The molecule has 0 aromatic heterocycles. The van der Waals surface area contributed by atoms with E-state index >= 15 is 0 Å². The fourth-order valence-corrected chi connectivity index (χ4v) is 3.70. The van der Waals surface area contributed by atoms with Crippen molar-refractivity contribution >= 4 is 27.3 Å². The Hall–Kier alpha value is -0.820. The fourth-order valence-electron chi connectivity index (χ4n) is 2.63. The number of rotatable bonds is 4. The zero-order valence-electron chi connectivity index (χ0n) is 12.4. The SMILES string of the molecule is CC(N)Cc1c(Cl)cccc1N1CCN(S(C)(=O)=O)CC1. The van der Waals surface area contributed by atoms with Gasteiger partial charge in [0.25, 0.3) is 0 Å². The Labute approximate surface area is 131 Å². The van der Waals surface area contributed by atoms with Crippen molar-refractivity contribution in [3.8, 4) is 0 Å². The van der Waals surface area contributed by atoms with Gasteiger partial charge in [0.2, 0.25) is 10.0 Å². The number of benzene rings is 1. The molecule has 2 N–H and O–H groups in total. The summed E-state index contributed by atoms with van der Waals surface area (Å²) in [6.45, 7) is 4.29. The Morgan fingerprint density at radius 1 is 1.29 bits per heavy atom. The number of sulfonamides is 1. The van der Waals surface area contributed by atoms with E-state index in [4.69, 9.17) is 17.3 Å². The Kier molecular flexibility index (Phi) is 5.14. The van der Waals surface area contributed by atoms with Crippen molar-refractivity contribution in [2.24, 2.45) is 5.73 Å². The van der Waals surface area contributed by atoms with Crippen molar-refractivity contribution in [1.29, 1.82) is 0 Å². The van der Waals surface area contributed by atoms with Gasteiger partial charge in [-0.2, -0.15) is 4.31 Å². The van der Waals surface area contributed by atoms with E-state index in [9.17, 15) is 8.42 Å². The number of halogens is 1. The second-order valence-electron chi connectivity index (χ2n) is 5.57. The van der Waals surface area contributed by atoms with Gasteiger partial charge >= 0.3 is 0 Å². The Morgan fingerprint density at radius 2 is 1.90 bits per heavy atom. The molecule has 1 heterocycles. The van der Waals surface area contributed by atoms with E-state index in [0.29, 0.717) is 32.6 Å². The molecule has 118 valence electrons. The van der Waals surface area contributed by atoms with Gasteiger partial charge in [-0.3, -0.25) is 0 Å². The molecule has 1 fully saturated rings. The van der Waals surface area contributed by atoms with Crippen molar-refractivity contribution < 1.29 is 8.42 Å². The standard InChI is InChI=1S/C14H22ClN3O2S/c1-11(16)10-12-13(15)4-3-5-14(12)17-6-8-18(9-7-17)21(2,19)20/h3-5,11H,6-10,16H2,1-2H3. The van der Waals surface area contributed by atoms with Gasteiger partial charge in [-0.1, -0.05) is 17.7 Å². The van der Waals surface area contributed by atoms with Crippen LogP contribution in [-0.2, 0) is 16.4 Å². The van der Waals surface area contributed by atoms with E-state index in [0.717, 1.165) is 16.3 Å². The minimum absolute atomic E-state index is 0.0287. The maximum Gasteiger partial charge on any atom is 0.211 e. The summed E-state index contributed by atoms with van der Waals surface area (Å²) in [5, 5.41) is 0.718. The van der Waals surface area contributed by atoms with Crippen LogP contribution in [-0.4, -0.2) is 51.2 Å². The molecule has 1 saturated heterocycles. The first-order valence-corrected chi connectivity index (χ1v) is 9.24. The van der Waals surface area contributed by atoms with Crippen LogP contribution in [0.4, 0.5) is 5.69 Å². The van der Waals surface area contributed by atoms with Crippen LogP contribution in [0.2, 0.25) is 5.02 Å². The van der Waals surface area contributed by atoms with Gasteiger partial charge in [0, 0.05) is 42.9 Å². The third kappa shape index (κ3) is 4.10. The highest BCUT2D eigenvalue weighted by Gasteiger charge is 2.25. The topological polar surface area (TPSA) is 66.6 Å². The number of piperazine rings is 1. The molecular weight excluding hydrogens is 310 g/mol. The molecule has 2 rings (SSSR count). The summed E-state index contributed by atoms with van der Waals surface area (Å²) >= 11 is 6.31. The Balaban J connectivity index is 2.19. The average Bonchev–Trinajstić information content (AvgIpc) is 2.40. The van der Waals surface area contributed by atoms with Crippen LogP contribution in [0, 0.1) is 0 Å². The van der Waals surface area contributed by atoms with E-state index in [1.807, 2.05) is 25.1 Å². The molecule has 0 spiro atoms. The van der Waals surface area contributed by atoms with Gasteiger partial charge in [-0.05, 0) is 31.0 Å². The van der Waals surface area contributed by atoms with Crippen molar-refractivity contribution in [2.75, 3.05) is 37.3 Å². The number of hydrogen-bond acceptors (Lipinski definition) is 4. The fraction of sp³-hybridized carbons (Fsp3) is 0.571. The normalized spacial score (nSPS) is 18.8. The minimum atomic E-state index is -3.11. The molecule has 0 radical (unpaired) electrons. The lowest BCUT2D eigenvalue weighted by Crippen LogP contribution is -2.48. The third-order valence-electron chi connectivity index (χ3n) is 3.67. The smallest absolute Gasteiger partial charge is 0.211 e. The molecular formula is C14H22ClN3O2S. The van der Waals surface area contributed by atoms with Crippen molar-refractivity contribution in [3.05, 3.63) is 28.8 Å². The van der Waals surface area contributed by atoms with Gasteiger partial charge in [0.05, 0.1) is 6.26 Å². The number of nitrogens with zero attached hydrogens (tertiary/aromatic N) is 2. The summed E-state index contributed by atoms with van der Waals surface area (Å²) in [5.41, 5.74) is 8.01. The highest BCUT2D eigenvalue weighted by molar-refractivity contribution is 7.88. The molecule has 1 aliphatic heterocycles. The zero-order chi connectivity index (χ0) is 15.6. The summed E-state index contributed by atoms with van der Waals surface area (Å²) in [6.07, 6.45) is 1.96. The lowest BCUT2D eigenvalue weighted by molar-refractivity contribution is 0.387. The second kappa shape index (κ2) is 6.52. The maximum atomic E-state index is 11.6. The first-order chi connectivity index (χ1) is 9.79. The largest absolute Gasteiger partial charge is 0.369 e. The lowest BCUT2D eigenvalue weighted by atomic mass is 10.0. The molecule has 0 bridgehead atoms. The minimum Gasteiger partial charge on any atom is -0.369 e. The summed E-state index contributed by atoms with van der Waals surface area (Å²) in [6, 6.07) is 5.85. The molecule has 0 saturated carbocycles. The van der Waals surface area contributed by atoms with Crippen LogP contribution in [0.1, 0.15) is 12.5 Å². The summed E-state index contributed by atoms with van der Waals surface area (Å²) in [4.78, 5) is 2.19. The van der Waals surface area contributed by atoms with Gasteiger partial charge in [-0.15, -0.1) is 0 Å². The molecule has 7 heteroatoms. The molecule has 1 aromatic carbocycles. The molecule has 0 amide bonds. The number of anilines is 1. The Morgan fingerprint density at radius 3 is 2.43 bits per heavy atom. The summed E-state index contributed by atoms with van der Waals surface area (Å²) in [5.74, 6) is 0. The molecule has 1 unspecified atom stereocenters. The lowest BCUT2D eigenvalue weighted by Gasteiger charge is -2.36. The number of nitrogens with two attached hydrogens (primary N) is 1. The zero-order valence-corrected chi connectivity index (χ0v) is 14.0. The van der Waals surface area contributed by atoms with E-state index in [1.165, 1.54) is 10.6 Å². The van der Waals surface area contributed by atoms with Gasteiger partial charge < -0.3 is 10.6 Å². The Bertz CT molecular complexity index is 596. The highest BCUT2D eigenvalue weighted by Crippen LogP contribution is 2.29. The van der Waals surface area contributed by atoms with Crippen LogP contribution in [0.3, 0.4) is 0 Å². The van der Waals surface area contributed by atoms with Crippen LogP contribution in [0.5, 0.6) is 0 Å². The van der Waals surface area contributed by atoms with Crippen molar-refractivity contribution in [1.82, 2.24) is 4.31 Å². The summed E-state index contributed by atoms with van der Waals surface area (Å²) < 4.78 is 24.6. The molecule has 21 heavy (non-hydrogen) atoms. The van der Waals surface area contributed by atoms with Crippen molar-refractivity contribution in [2.45, 2.75) is 19.4 Å². The van der Waals surface area contributed by atoms with Gasteiger partial charge in [0.1, 0.15) is 0 Å². The monoisotopic (exact) mass is 331 g/mol. The van der Waals surface area contributed by atoms with E-state index in [-0.39, 0.29) is 6.04 Å². The molecule has 1 atom stereocenters. The van der Waals surface area contributed by atoms with Crippen LogP contribution < -0.4 is 10.6 Å². The van der Waals surface area contributed by atoms with Gasteiger partial charge in [0.15, 0.2) is 0 Å². The first-order valence-electron chi connectivity index (χ1n) is 7.02. The second-order valence-corrected chi connectivity index (χ2v) is 7.96. The maximum absolute atomic E-state index is 11.6. The van der Waals surface area contributed by atoms with E-state index in [1.54, 1.807) is 0 Å². The molecule has 0 aliphatic carbocycles. The molecule has 1 aromatic rings. The third-order valence-corrected chi connectivity index (χ3v) is 5.33. The van der Waals surface area contributed by atoms with Gasteiger partial charge in [-0.25, -0.2) is 8.42 Å². The average molecular weight is 332 g/mol. The number of hydrogen-bond donors (Lipinski definition) is 1. The predicted molar refractivity (Wildman–Crippen MR) is 87.4 cm³/mol. The van der Waals surface area contributed by atoms with Crippen LogP contribution >= 0.6 is 11.6 Å². The van der Waals surface area contributed by atoms with E-state index < -0.39 is 10.0 Å².